The summed E-state index contributed by atoms with van der Waals surface area (Å²) in [5.41, 5.74) is -0.518. The zero-order valence-corrected chi connectivity index (χ0v) is 21.1. The van der Waals surface area contributed by atoms with E-state index in [-0.39, 0.29) is 34.0 Å². The Hall–Kier alpha value is -3.29. The normalized spacial score (nSPS) is 16.6. The zero-order valence-electron chi connectivity index (χ0n) is 20.3. The van der Waals surface area contributed by atoms with E-state index < -0.39 is 40.4 Å². The molecule has 37 heavy (non-hydrogen) atoms. The molecule has 0 spiro atoms. The van der Waals surface area contributed by atoms with Crippen molar-refractivity contribution in [3.8, 4) is 0 Å². The summed E-state index contributed by atoms with van der Waals surface area (Å²) < 4.78 is 61.6. The highest BCUT2D eigenvalue weighted by molar-refractivity contribution is 8.04. The van der Waals surface area contributed by atoms with Crippen LogP contribution in [0.15, 0.2) is 53.1 Å². The molecule has 1 aliphatic heterocycles. The maximum atomic E-state index is 13.5. The SMILES string of the molecule is COC(=O)C1=C(OC(C)c2ccccc2C(F)(F)F)CC(Nc2cc(C(OC)OC)ccc2[N+](=O)[O-])S1. The van der Waals surface area contributed by atoms with E-state index in [0.29, 0.717) is 5.56 Å². The molecular formula is C24H25F3N2O7S. The first kappa shape index (κ1) is 28.3. The minimum atomic E-state index is -4.59. The summed E-state index contributed by atoms with van der Waals surface area (Å²) in [5, 5.41) is 14.0. The van der Waals surface area contributed by atoms with E-state index in [4.69, 9.17) is 18.9 Å². The highest BCUT2D eigenvalue weighted by Gasteiger charge is 2.37. The Morgan fingerprint density at radius 3 is 2.43 bits per heavy atom. The molecule has 1 aliphatic rings. The molecule has 0 aliphatic carbocycles. The summed E-state index contributed by atoms with van der Waals surface area (Å²) in [6, 6.07) is 9.29. The van der Waals surface area contributed by atoms with E-state index in [1.807, 2.05) is 0 Å². The third kappa shape index (κ3) is 6.53. The summed E-state index contributed by atoms with van der Waals surface area (Å²) in [7, 11) is 4.01. The van der Waals surface area contributed by atoms with Crippen LogP contribution in [0.5, 0.6) is 0 Å². The number of hydrogen-bond donors (Lipinski definition) is 1. The van der Waals surface area contributed by atoms with Crippen molar-refractivity contribution >= 4 is 29.1 Å². The first-order valence-corrected chi connectivity index (χ1v) is 11.8. The van der Waals surface area contributed by atoms with Gasteiger partial charge in [-0.25, -0.2) is 4.79 Å². The van der Waals surface area contributed by atoms with Gasteiger partial charge in [0.15, 0.2) is 6.29 Å². The van der Waals surface area contributed by atoms with E-state index in [2.05, 4.69) is 5.32 Å². The van der Waals surface area contributed by atoms with Crippen LogP contribution in [0, 0.1) is 10.1 Å². The van der Waals surface area contributed by atoms with Gasteiger partial charge < -0.3 is 24.3 Å². The number of nitro benzene ring substituents is 1. The number of nitrogens with one attached hydrogen (secondary N) is 1. The summed E-state index contributed by atoms with van der Waals surface area (Å²) in [4.78, 5) is 23.5. The molecule has 2 atom stereocenters. The average molecular weight is 543 g/mol. The molecule has 0 bridgehead atoms. The number of halogens is 3. The molecule has 1 N–H and O–H groups in total. The lowest BCUT2D eigenvalue weighted by Crippen LogP contribution is -2.16. The number of nitro groups is 1. The minimum absolute atomic E-state index is 0.0486. The maximum absolute atomic E-state index is 13.5. The van der Waals surface area contributed by atoms with E-state index in [1.165, 1.54) is 64.7 Å². The Morgan fingerprint density at radius 1 is 1.16 bits per heavy atom. The first-order valence-electron chi connectivity index (χ1n) is 10.9. The smallest absolute Gasteiger partial charge is 0.416 e. The zero-order chi connectivity index (χ0) is 27.3. The number of thioether (sulfide) groups is 1. The average Bonchev–Trinajstić information content (AvgIpc) is 3.25. The topological polar surface area (TPSA) is 109 Å². The van der Waals surface area contributed by atoms with Crippen LogP contribution in [0.25, 0.3) is 0 Å². The summed E-state index contributed by atoms with van der Waals surface area (Å²) in [6.45, 7) is 1.45. The Balaban J connectivity index is 1.88. The number of hydrogen-bond acceptors (Lipinski definition) is 9. The predicted molar refractivity (Wildman–Crippen MR) is 129 cm³/mol. The molecule has 9 nitrogen and oxygen atoms in total. The van der Waals surface area contributed by atoms with Crippen molar-refractivity contribution in [2.75, 3.05) is 26.6 Å². The molecule has 200 valence electrons. The number of ether oxygens (including phenoxy) is 4. The summed E-state index contributed by atoms with van der Waals surface area (Å²) >= 11 is 1.00. The largest absolute Gasteiger partial charge is 0.489 e. The molecule has 0 amide bonds. The van der Waals surface area contributed by atoms with Crippen LogP contribution in [0.3, 0.4) is 0 Å². The van der Waals surface area contributed by atoms with E-state index >= 15 is 0 Å². The van der Waals surface area contributed by atoms with Gasteiger partial charge in [-0.1, -0.05) is 30.0 Å². The molecule has 2 unspecified atom stereocenters. The quantitative estimate of drug-likeness (QED) is 0.169. The van der Waals surface area contributed by atoms with Crippen LogP contribution in [0.4, 0.5) is 24.5 Å². The maximum Gasteiger partial charge on any atom is 0.416 e. The number of benzene rings is 2. The van der Waals surface area contributed by atoms with Gasteiger partial charge in [0, 0.05) is 37.8 Å². The fourth-order valence-electron chi connectivity index (χ4n) is 3.85. The highest BCUT2D eigenvalue weighted by atomic mass is 32.2. The van der Waals surface area contributed by atoms with Gasteiger partial charge in [0.2, 0.25) is 0 Å². The number of alkyl halides is 3. The fraction of sp³-hybridized carbons (Fsp3) is 0.375. The molecule has 1 heterocycles. The van der Waals surface area contributed by atoms with Crippen molar-refractivity contribution in [3.63, 3.8) is 0 Å². The second-order valence-corrected chi connectivity index (χ2v) is 9.09. The van der Waals surface area contributed by atoms with Gasteiger partial charge in [0.05, 0.1) is 23.0 Å². The van der Waals surface area contributed by atoms with Crippen LogP contribution < -0.4 is 5.32 Å². The van der Waals surface area contributed by atoms with Gasteiger partial charge in [0.25, 0.3) is 5.69 Å². The minimum Gasteiger partial charge on any atom is -0.489 e. The lowest BCUT2D eigenvalue weighted by molar-refractivity contribution is -0.384. The lowest BCUT2D eigenvalue weighted by atomic mass is 10.0. The molecule has 2 aromatic carbocycles. The Kier molecular flexibility index (Phi) is 9.05. The number of carbonyl (C=O) groups is 1. The molecular weight excluding hydrogens is 517 g/mol. The third-order valence-electron chi connectivity index (χ3n) is 5.51. The Bertz CT molecular complexity index is 1190. The molecule has 0 saturated carbocycles. The first-order chi connectivity index (χ1) is 17.5. The van der Waals surface area contributed by atoms with Crippen molar-refractivity contribution in [2.24, 2.45) is 0 Å². The molecule has 3 rings (SSSR count). The fourth-order valence-corrected chi connectivity index (χ4v) is 5.00. The second kappa shape index (κ2) is 11.8. The third-order valence-corrected chi connectivity index (χ3v) is 6.71. The Labute approximate surface area is 215 Å². The van der Waals surface area contributed by atoms with E-state index in [9.17, 15) is 28.1 Å². The Morgan fingerprint density at radius 2 is 1.84 bits per heavy atom. The molecule has 0 saturated heterocycles. The molecule has 0 aromatic heterocycles. The highest BCUT2D eigenvalue weighted by Crippen LogP contribution is 2.44. The van der Waals surface area contributed by atoms with E-state index in [1.54, 1.807) is 0 Å². The van der Waals surface area contributed by atoms with Crippen LogP contribution in [-0.4, -0.2) is 37.6 Å². The van der Waals surface area contributed by atoms with Crippen molar-refractivity contribution < 1.29 is 41.8 Å². The molecule has 0 radical (unpaired) electrons. The van der Waals surface area contributed by atoms with Gasteiger partial charge >= 0.3 is 12.1 Å². The molecule has 0 fully saturated rings. The van der Waals surface area contributed by atoms with Crippen molar-refractivity contribution in [1.82, 2.24) is 0 Å². The van der Waals surface area contributed by atoms with Gasteiger partial charge in [-0.05, 0) is 25.1 Å². The standard InChI is InChI=1S/C24H25F3N2O7S/c1-13(15-7-5-6-8-16(15)24(25,26)27)36-19-12-20(37-21(19)22(30)33-2)28-17-11-14(23(34-3)35-4)9-10-18(17)29(31)32/h5-11,13,20,23,28H,12H2,1-4H3. The monoisotopic (exact) mass is 542 g/mol. The second-order valence-electron chi connectivity index (χ2n) is 7.88. The summed E-state index contributed by atoms with van der Waals surface area (Å²) in [5.74, 6) is -0.619. The van der Waals surface area contributed by atoms with E-state index in [0.717, 1.165) is 17.8 Å². The van der Waals surface area contributed by atoms with Gasteiger partial charge in [0.1, 0.15) is 22.5 Å². The molecule has 2 aromatic rings. The van der Waals surface area contributed by atoms with Crippen molar-refractivity contribution in [2.45, 2.75) is 37.3 Å². The van der Waals surface area contributed by atoms with Crippen molar-refractivity contribution in [1.29, 1.82) is 0 Å². The van der Waals surface area contributed by atoms with Gasteiger partial charge in [-0.15, -0.1) is 0 Å². The number of anilines is 1. The van der Waals surface area contributed by atoms with Gasteiger partial charge in [-0.2, -0.15) is 13.2 Å². The number of esters is 1. The lowest BCUT2D eigenvalue weighted by Gasteiger charge is -2.21. The van der Waals surface area contributed by atoms with Crippen LogP contribution >= 0.6 is 11.8 Å². The van der Waals surface area contributed by atoms with Crippen LogP contribution in [-0.2, 0) is 29.9 Å². The van der Waals surface area contributed by atoms with Crippen molar-refractivity contribution in [3.05, 3.63) is 79.9 Å². The van der Waals surface area contributed by atoms with Crippen LogP contribution in [0.2, 0.25) is 0 Å². The number of carbonyl (C=O) groups excluding carboxylic acids is 1. The number of rotatable bonds is 10. The number of methoxy groups -OCH3 is 3. The molecule has 13 heteroatoms. The predicted octanol–water partition coefficient (Wildman–Crippen LogP) is 5.94. The summed E-state index contributed by atoms with van der Waals surface area (Å²) in [6.07, 6.45) is -6.36. The van der Waals surface area contributed by atoms with Gasteiger partial charge in [-0.3, -0.25) is 10.1 Å². The number of nitrogens with zero attached hydrogens (tertiary/aromatic N) is 1. The van der Waals surface area contributed by atoms with Crippen LogP contribution in [0.1, 0.15) is 42.4 Å².